The smallest absolute Gasteiger partial charge is 0.338 e. The summed E-state index contributed by atoms with van der Waals surface area (Å²) in [5.74, 6) is -0.879. The number of piperidine rings is 1. The molecule has 0 bridgehead atoms. The summed E-state index contributed by atoms with van der Waals surface area (Å²) in [4.78, 5) is 26.8. The van der Waals surface area contributed by atoms with Gasteiger partial charge in [0.05, 0.1) is 5.56 Å². The second-order valence-corrected chi connectivity index (χ2v) is 7.66. The number of rotatable bonds is 6. The average molecular weight is 415 g/mol. The minimum Gasteiger partial charge on any atom is -0.452 e. The van der Waals surface area contributed by atoms with Gasteiger partial charge in [-0.15, -0.1) is 0 Å². The van der Waals surface area contributed by atoms with Gasteiger partial charge in [0.2, 0.25) is 0 Å². The molecule has 1 N–H and O–H groups in total. The van der Waals surface area contributed by atoms with Crippen molar-refractivity contribution < 1.29 is 14.3 Å². The highest BCUT2D eigenvalue weighted by atomic mass is 16.5. The number of ether oxygens (including phenoxy) is 1. The van der Waals surface area contributed by atoms with Gasteiger partial charge in [-0.05, 0) is 66.8 Å². The highest BCUT2D eigenvalue weighted by Crippen LogP contribution is 2.22. The summed E-state index contributed by atoms with van der Waals surface area (Å²) in [7, 11) is 0. The van der Waals surface area contributed by atoms with Crippen LogP contribution in [0.4, 0.5) is 11.4 Å². The van der Waals surface area contributed by atoms with Gasteiger partial charge in [0.15, 0.2) is 6.61 Å². The lowest BCUT2D eigenvalue weighted by atomic mass is 10.0. The number of nitrogens with zero attached hydrogens (tertiary/aromatic N) is 1. The van der Waals surface area contributed by atoms with Crippen molar-refractivity contribution in [1.29, 1.82) is 0 Å². The molecule has 0 atom stereocenters. The van der Waals surface area contributed by atoms with Crippen molar-refractivity contribution in [2.24, 2.45) is 0 Å². The number of benzene rings is 3. The molecule has 1 saturated heterocycles. The number of anilines is 2. The van der Waals surface area contributed by atoms with E-state index in [1.807, 2.05) is 66.7 Å². The molecule has 0 spiro atoms. The Labute approximate surface area is 182 Å². The van der Waals surface area contributed by atoms with Gasteiger partial charge in [0, 0.05) is 24.5 Å². The number of nitrogens with one attached hydrogen (secondary N) is 1. The monoisotopic (exact) mass is 414 g/mol. The van der Waals surface area contributed by atoms with Crippen molar-refractivity contribution in [2.45, 2.75) is 19.3 Å². The third kappa shape index (κ3) is 5.51. The minimum atomic E-state index is -0.518. The highest BCUT2D eigenvalue weighted by molar-refractivity contribution is 5.95. The molecule has 0 aliphatic carbocycles. The van der Waals surface area contributed by atoms with Gasteiger partial charge >= 0.3 is 5.97 Å². The maximum Gasteiger partial charge on any atom is 0.338 e. The normalized spacial score (nSPS) is 13.5. The van der Waals surface area contributed by atoms with E-state index in [1.165, 1.54) is 24.9 Å². The second-order valence-electron chi connectivity index (χ2n) is 7.66. The quantitative estimate of drug-likeness (QED) is 0.568. The molecule has 0 radical (unpaired) electrons. The topological polar surface area (TPSA) is 58.6 Å². The zero-order valence-corrected chi connectivity index (χ0v) is 17.4. The molecule has 31 heavy (non-hydrogen) atoms. The fraction of sp³-hybridized carbons (Fsp3) is 0.231. The van der Waals surface area contributed by atoms with Crippen molar-refractivity contribution >= 4 is 23.3 Å². The van der Waals surface area contributed by atoms with Gasteiger partial charge in [-0.2, -0.15) is 0 Å². The van der Waals surface area contributed by atoms with Crippen LogP contribution in [0.1, 0.15) is 29.6 Å². The first kappa shape index (κ1) is 20.7. The zero-order chi connectivity index (χ0) is 21.5. The standard InChI is InChI=1S/C26H26N2O3/c29-25(27-23-13-15-24(16-14-23)28-17-5-2-6-18-28)19-31-26(30)22-11-9-21(10-12-22)20-7-3-1-4-8-20/h1,3-4,7-16H,2,5-6,17-19H2,(H,27,29). The Balaban J connectivity index is 1.27. The van der Waals surface area contributed by atoms with Crippen LogP contribution in [0, 0.1) is 0 Å². The van der Waals surface area contributed by atoms with Gasteiger partial charge < -0.3 is 15.0 Å². The number of esters is 1. The average Bonchev–Trinajstić information content (AvgIpc) is 2.84. The Morgan fingerprint density at radius 3 is 2.10 bits per heavy atom. The molecule has 3 aromatic carbocycles. The fourth-order valence-electron chi connectivity index (χ4n) is 3.75. The fourth-order valence-corrected chi connectivity index (χ4v) is 3.75. The molecule has 1 fully saturated rings. The first-order chi connectivity index (χ1) is 15.2. The van der Waals surface area contributed by atoms with E-state index in [9.17, 15) is 9.59 Å². The molecule has 158 valence electrons. The first-order valence-corrected chi connectivity index (χ1v) is 10.7. The molecule has 1 heterocycles. The number of hydrogen-bond donors (Lipinski definition) is 1. The van der Waals surface area contributed by atoms with Crippen molar-refractivity contribution in [3.05, 3.63) is 84.4 Å². The summed E-state index contributed by atoms with van der Waals surface area (Å²) in [6.07, 6.45) is 3.73. The van der Waals surface area contributed by atoms with E-state index in [2.05, 4.69) is 10.2 Å². The lowest BCUT2D eigenvalue weighted by Crippen LogP contribution is -2.29. The first-order valence-electron chi connectivity index (χ1n) is 10.7. The van der Waals surface area contributed by atoms with Gasteiger partial charge in [-0.3, -0.25) is 4.79 Å². The summed E-state index contributed by atoms with van der Waals surface area (Å²) < 4.78 is 5.17. The summed E-state index contributed by atoms with van der Waals surface area (Å²) in [5, 5.41) is 2.77. The van der Waals surface area contributed by atoms with Crippen LogP contribution in [0.5, 0.6) is 0 Å². The Bertz CT molecular complexity index is 1010. The molecule has 0 unspecified atom stereocenters. The molecule has 4 rings (SSSR count). The number of carbonyl (C=O) groups is 2. The van der Waals surface area contributed by atoms with E-state index in [0.717, 1.165) is 24.2 Å². The van der Waals surface area contributed by atoms with Crippen LogP contribution in [-0.2, 0) is 9.53 Å². The van der Waals surface area contributed by atoms with E-state index in [1.54, 1.807) is 12.1 Å². The van der Waals surface area contributed by atoms with Gasteiger partial charge in [-0.25, -0.2) is 4.79 Å². The van der Waals surface area contributed by atoms with Crippen molar-refractivity contribution in [1.82, 2.24) is 0 Å². The van der Waals surface area contributed by atoms with Gasteiger partial charge in [-0.1, -0.05) is 42.5 Å². The lowest BCUT2D eigenvalue weighted by Gasteiger charge is -2.28. The summed E-state index contributed by atoms with van der Waals surface area (Å²) in [6.45, 7) is 1.83. The predicted octanol–water partition coefficient (Wildman–Crippen LogP) is 5.14. The number of carbonyl (C=O) groups excluding carboxylic acids is 2. The van der Waals surface area contributed by atoms with E-state index in [-0.39, 0.29) is 12.5 Å². The Morgan fingerprint density at radius 2 is 1.42 bits per heavy atom. The van der Waals surface area contributed by atoms with E-state index in [0.29, 0.717) is 11.3 Å². The molecule has 0 aromatic heterocycles. The van der Waals surface area contributed by atoms with Crippen molar-refractivity contribution in [2.75, 3.05) is 29.9 Å². The van der Waals surface area contributed by atoms with Crippen LogP contribution in [0.2, 0.25) is 0 Å². The van der Waals surface area contributed by atoms with E-state index in [4.69, 9.17) is 4.74 Å². The molecule has 3 aromatic rings. The van der Waals surface area contributed by atoms with Crippen molar-refractivity contribution in [3.8, 4) is 11.1 Å². The SMILES string of the molecule is O=C(COC(=O)c1ccc(-c2ccccc2)cc1)Nc1ccc(N2CCCCC2)cc1. The van der Waals surface area contributed by atoms with Gasteiger partial charge in [0.1, 0.15) is 0 Å². The Morgan fingerprint density at radius 1 is 0.774 bits per heavy atom. The van der Waals surface area contributed by atoms with Crippen LogP contribution in [0.25, 0.3) is 11.1 Å². The molecule has 1 aliphatic rings. The largest absolute Gasteiger partial charge is 0.452 e. The predicted molar refractivity (Wildman–Crippen MR) is 123 cm³/mol. The Hall–Kier alpha value is -3.60. The van der Waals surface area contributed by atoms with Gasteiger partial charge in [0.25, 0.3) is 5.91 Å². The number of amides is 1. The maximum absolute atomic E-state index is 12.3. The summed E-state index contributed by atoms with van der Waals surface area (Å²) in [5.41, 5.74) is 4.37. The van der Waals surface area contributed by atoms with Crippen LogP contribution < -0.4 is 10.2 Å². The molecule has 5 heteroatoms. The van der Waals surface area contributed by atoms with Crippen LogP contribution in [0.3, 0.4) is 0 Å². The van der Waals surface area contributed by atoms with E-state index < -0.39 is 5.97 Å². The molecule has 1 aliphatic heterocycles. The minimum absolute atomic E-state index is 0.326. The lowest BCUT2D eigenvalue weighted by molar-refractivity contribution is -0.119. The third-order valence-corrected chi connectivity index (χ3v) is 5.43. The molecule has 0 saturated carbocycles. The second kappa shape index (κ2) is 9.94. The molecule has 1 amide bonds. The summed E-state index contributed by atoms with van der Waals surface area (Å²) in [6, 6.07) is 24.9. The Kier molecular flexibility index (Phi) is 6.62. The number of hydrogen-bond acceptors (Lipinski definition) is 4. The van der Waals surface area contributed by atoms with Crippen LogP contribution >= 0.6 is 0 Å². The maximum atomic E-state index is 12.3. The summed E-state index contributed by atoms with van der Waals surface area (Å²) >= 11 is 0. The van der Waals surface area contributed by atoms with Crippen LogP contribution in [0.15, 0.2) is 78.9 Å². The van der Waals surface area contributed by atoms with Crippen LogP contribution in [-0.4, -0.2) is 31.6 Å². The molecular weight excluding hydrogens is 388 g/mol. The third-order valence-electron chi connectivity index (χ3n) is 5.43. The highest BCUT2D eigenvalue weighted by Gasteiger charge is 2.13. The zero-order valence-electron chi connectivity index (χ0n) is 17.4. The molecule has 5 nitrogen and oxygen atoms in total. The van der Waals surface area contributed by atoms with E-state index >= 15 is 0 Å². The van der Waals surface area contributed by atoms with Crippen molar-refractivity contribution in [3.63, 3.8) is 0 Å². The molecular formula is C26H26N2O3.